The molecule has 6 N–H and O–H groups in total. The second-order valence-electron chi connectivity index (χ2n) is 5.44. The van der Waals surface area contributed by atoms with Crippen molar-refractivity contribution in [3.63, 3.8) is 0 Å². The molecule has 0 heterocycles. The van der Waals surface area contributed by atoms with Crippen LogP contribution in [0.15, 0.2) is 0 Å². The lowest BCUT2D eigenvalue weighted by molar-refractivity contribution is -0.141. The van der Waals surface area contributed by atoms with E-state index in [9.17, 15) is 19.2 Å². The highest BCUT2D eigenvalue weighted by atomic mass is 32.2. The lowest BCUT2D eigenvalue weighted by Crippen LogP contribution is -2.56. The van der Waals surface area contributed by atoms with Crippen LogP contribution in [0.3, 0.4) is 0 Å². The van der Waals surface area contributed by atoms with Gasteiger partial charge in [0.25, 0.3) is 0 Å². The van der Waals surface area contributed by atoms with E-state index >= 15 is 0 Å². The zero-order chi connectivity index (χ0) is 19.6. The van der Waals surface area contributed by atoms with Crippen molar-refractivity contribution in [2.45, 2.75) is 44.4 Å². The first-order valence-corrected chi connectivity index (χ1v) is 9.65. The first-order valence-electron chi connectivity index (χ1n) is 7.63. The molecule has 0 aliphatic carbocycles. The van der Waals surface area contributed by atoms with Crippen LogP contribution in [0.1, 0.15) is 20.3 Å². The molecule has 4 unspecified atom stereocenters. The smallest absolute Gasteiger partial charge is 0.327 e. The van der Waals surface area contributed by atoms with E-state index in [2.05, 4.69) is 28.6 Å². The molecule has 144 valence electrons. The van der Waals surface area contributed by atoms with Gasteiger partial charge >= 0.3 is 5.97 Å². The summed E-state index contributed by atoms with van der Waals surface area (Å²) in [5, 5.41) is 16.3. The second kappa shape index (κ2) is 12.0. The van der Waals surface area contributed by atoms with E-state index in [4.69, 9.17) is 10.8 Å². The zero-order valence-corrected chi connectivity index (χ0v) is 16.2. The van der Waals surface area contributed by atoms with Crippen molar-refractivity contribution in [2.75, 3.05) is 17.8 Å². The molecule has 25 heavy (non-hydrogen) atoms. The highest BCUT2D eigenvalue weighted by Crippen LogP contribution is 2.03. The van der Waals surface area contributed by atoms with Crippen molar-refractivity contribution in [1.82, 2.24) is 16.0 Å². The zero-order valence-electron chi connectivity index (χ0n) is 14.4. The third kappa shape index (κ3) is 8.98. The van der Waals surface area contributed by atoms with E-state index in [0.717, 1.165) is 0 Å². The molecule has 0 aromatic carbocycles. The van der Waals surface area contributed by atoms with Gasteiger partial charge in [-0.25, -0.2) is 4.79 Å². The number of aliphatic carboxylic acids is 1. The summed E-state index contributed by atoms with van der Waals surface area (Å²) in [6.45, 7) is 2.95. The fraction of sp³-hybridized carbons (Fsp3) is 0.714. The molecule has 0 rings (SSSR count). The number of hydrogen-bond acceptors (Lipinski definition) is 7. The summed E-state index contributed by atoms with van der Waals surface area (Å²) in [5.74, 6) is -2.38. The van der Waals surface area contributed by atoms with E-state index in [1.807, 2.05) is 6.26 Å². The number of hydrogen-bond donors (Lipinski definition) is 6. The maximum absolute atomic E-state index is 12.3. The normalized spacial score (nSPS) is 15.4. The third-order valence-electron chi connectivity index (χ3n) is 3.21. The van der Waals surface area contributed by atoms with Crippen LogP contribution in [0.4, 0.5) is 0 Å². The Morgan fingerprint density at radius 3 is 2.04 bits per heavy atom. The van der Waals surface area contributed by atoms with Gasteiger partial charge in [-0.1, -0.05) is 0 Å². The van der Waals surface area contributed by atoms with Crippen LogP contribution in [0.2, 0.25) is 0 Å². The standard InChI is InChI=1S/C14H26N4O5S2/c1-7(15)11(19)16-8(2)12(20)17-9(4-5-25-3)13(21)18-10(6-24)14(22)23/h7-10,24H,4-6,15H2,1-3H3,(H,16,19)(H,17,20)(H,18,21)(H,22,23). The number of amides is 3. The van der Waals surface area contributed by atoms with E-state index in [1.54, 1.807) is 0 Å². The first-order chi connectivity index (χ1) is 11.6. The van der Waals surface area contributed by atoms with E-state index in [-0.39, 0.29) is 5.75 Å². The van der Waals surface area contributed by atoms with Crippen molar-refractivity contribution in [2.24, 2.45) is 5.73 Å². The van der Waals surface area contributed by atoms with Gasteiger partial charge in [0.1, 0.15) is 18.1 Å². The molecule has 0 aromatic rings. The molecule has 0 aliphatic heterocycles. The minimum atomic E-state index is -1.21. The van der Waals surface area contributed by atoms with Gasteiger partial charge in [-0.2, -0.15) is 24.4 Å². The fourth-order valence-electron chi connectivity index (χ4n) is 1.67. The van der Waals surface area contributed by atoms with Gasteiger partial charge < -0.3 is 26.8 Å². The molecule has 0 saturated carbocycles. The Kier molecular flexibility index (Phi) is 11.3. The third-order valence-corrected chi connectivity index (χ3v) is 4.22. The maximum atomic E-state index is 12.3. The molecule has 9 nitrogen and oxygen atoms in total. The van der Waals surface area contributed by atoms with Crippen LogP contribution in [0.25, 0.3) is 0 Å². The van der Waals surface area contributed by atoms with Crippen LogP contribution in [0, 0.1) is 0 Å². The topological polar surface area (TPSA) is 151 Å². The van der Waals surface area contributed by atoms with Crippen molar-refractivity contribution in [1.29, 1.82) is 0 Å². The van der Waals surface area contributed by atoms with Crippen molar-refractivity contribution >= 4 is 48.1 Å². The van der Waals surface area contributed by atoms with Gasteiger partial charge in [0.05, 0.1) is 6.04 Å². The molecular formula is C14H26N4O5S2. The molecule has 0 spiro atoms. The number of rotatable bonds is 11. The molecule has 0 bridgehead atoms. The van der Waals surface area contributed by atoms with Crippen LogP contribution in [-0.4, -0.2) is 70.7 Å². The average Bonchev–Trinajstić information content (AvgIpc) is 2.55. The average molecular weight is 395 g/mol. The van der Waals surface area contributed by atoms with Crippen LogP contribution in [-0.2, 0) is 19.2 Å². The molecule has 0 fully saturated rings. The summed E-state index contributed by atoms with van der Waals surface area (Å²) in [6, 6.07) is -3.73. The fourth-order valence-corrected chi connectivity index (χ4v) is 2.39. The predicted molar refractivity (Wildman–Crippen MR) is 99.6 cm³/mol. The number of carboxylic acids is 1. The maximum Gasteiger partial charge on any atom is 0.327 e. The molecule has 11 heteroatoms. The summed E-state index contributed by atoms with van der Waals surface area (Å²) in [4.78, 5) is 47.0. The largest absolute Gasteiger partial charge is 0.480 e. The first kappa shape index (κ1) is 23.5. The molecule has 3 amide bonds. The SMILES string of the molecule is CSCCC(NC(=O)C(C)NC(=O)C(C)N)C(=O)NC(CS)C(=O)O. The van der Waals surface area contributed by atoms with Gasteiger partial charge in [0.2, 0.25) is 17.7 Å². The molecule has 0 aromatic heterocycles. The van der Waals surface area contributed by atoms with Gasteiger partial charge in [0, 0.05) is 5.75 Å². The quantitative estimate of drug-likeness (QED) is 0.235. The van der Waals surface area contributed by atoms with E-state index in [0.29, 0.717) is 12.2 Å². The van der Waals surface area contributed by atoms with Gasteiger partial charge in [0.15, 0.2) is 0 Å². The Balaban J connectivity index is 4.90. The Morgan fingerprint density at radius 2 is 1.60 bits per heavy atom. The van der Waals surface area contributed by atoms with E-state index in [1.165, 1.54) is 25.6 Å². The number of carbonyl (C=O) groups is 4. The minimum absolute atomic E-state index is 0.0783. The summed E-state index contributed by atoms with van der Waals surface area (Å²) in [6.07, 6.45) is 2.15. The van der Waals surface area contributed by atoms with Crippen LogP contribution < -0.4 is 21.7 Å². The molecule has 4 atom stereocenters. The highest BCUT2D eigenvalue weighted by Gasteiger charge is 2.27. The summed E-state index contributed by atoms with van der Waals surface area (Å²) < 4.78 is 0. The Hall–Kier alpha value is -1.46. The number of carboxylic acid groups (broad SMARTS) is 1. The van der Waals surface area contributed by atoms with Crippen molar-refractivity contribution in [3.05, 3.63) is 0 Å². The van der Waals surface area contributed by atoms with Crippen molar-refractivity contribution in [3.8, 4) is 0 Å². The molecule has 0 radical (unpaired) electrons. The van der Waals surface area contributed by atoms with Gasteiger partial charge in [-0.3, -0.25) is 14.4 Å². The minimum Gasteiger partial charge on any atom is -0.480 e. The monoisotopic (exact) mass is 394 g/mol. The highest BCUT2D eigenvalue weighted by molar-refractivity contribution is 7.98. The lowest BCUT2D eigenvalue weighted by Gasteiger charge is -2.23. The van der Waals surface area contributed by atoms with Gasteiger partial charge in [-0.15, -0.1) is 0 Å². The summed E-state index contributed by atoms with van der Waals surface area (Å²) in [5.41, 5.74) is 5.42. The Bertz CT molecular complexity index is 490. The number of nitrogens with two attached hydrogens (primary N) is 1. The molecule has 0 aliphatic rings. The number of thiol groups is 1. The lowest BCUT2D eigenvalue weighted by atomic mass is 10.1. The number of thioether (sulfide) groups is 1. The van der Waals surface area contributed by atoms with Crippen molar-refractivity contribution < 1.29 is 24.3 Å². The van der Waals surface area contributed by atoms with Gasteiger partial charge in [-0.05, 0) is 32.3 Å². The van der Waals surface area contributed by atoms with Crippen LogP contribution in [0.5, 0.6) is 0 Å². The Labute approximate surface area is 156 Å². The van der Waals surface area contributed by atoms with Crippen LogP contribution >= 0.6 is 24.4 Å². The Morgan fingerprint density at radius 1 is 1.04 bits per heavy atom. The molecular weight excluding hydrogens is 368 g/mol. The summed E-state index contributed by atoms with van der Waals surface area (Å²) >= 11 is 5.36. The summed E-state index contributed by atoms with van der Waals surface area (Å²) in [7, 11) is 0. The second-order valence-corrected chi connectivity index (χ2v) is 6.79. The number of nitrogens with one attached hydrogen (secondary N) is 3. The predicted octanol–water partition coefficient (Wildman–Crippen LogP) is -1.42. The van der Waals surface area contributed by atoms with E-state index < -0.39 is 47.9 Å². The molecule has 0 saturated heterocycles. The number of carbonyl (C=O) groups excluding carboxylic acids is 3.